The van der Waals surface area contributed by atoms with Crippen LogP contribution in [-0.2, 0) is 4.79 Å². The Labute approximate surface area is 131 Å². The number of hydrogen-bond acceptors (Lipinski definition) is 4. The number of nitrogens with one attached hydrogen (secondary N) is 3. The maximum Gasteiger partial charge on any atom is 0.243 e. The van der Waals surface area contributed by atoms with E-state index in [1.54, 1.807) is 6.20 Å². The van der Waals surface area contributed by atoms with Gasteiger partial charge in [0.2, 0.25) is 5.91 Å². The summed E-state index contributed by atoms with van der Waals surface area (Å²) in [6.07, 6.45) is 2.23. The van der Waals surface area contributed by atoms with Gasteiger partial charge >= 0.3 is 0 Å². The quantitative estimate of drug-likeness (QED) is 0.812. The Bertz CT molecular complexity index is 682. The molecule has 5 nitrogen and oxygen atoms in total. The summed E-state index contributed by atoms with van der Waals surface area (Å²) in [4.78, 5) is 16.4. The Kier molecular flexibility index (Phi) is 4.33. The lowest BCUT2D eigenvalue weighted by atomic mass is 10.1. The second kappa shape index (κ2) is 6.39. The van der Waals surface area contributed by atoms with E-state index < -0.39 is 11.9 Å². The number of aromatic nitrogens is 1. The van der Waals surface area contributed by atoms with Crippen LogP contribution in [0.2, 0.25) is 5.02 Å². The zero-order valence-corrected chi connectivity index (χ0v) is 12.3. The number of carbonyl (C=O) groups is 1. The van der Waals surface area contributed by atoms with E-state index in [-0.39, 0.29) is 22.7 Å². The van der Waals surface area contributed by atoms with Gasteiger partial charge in [-0.3, -0.25) is 9.78 Å². The summed E-state index contributed by atoms with van der Waals surface area (Å²) in [5.41, 5.74) is 6.89. The third-order valence-corrected chi connectivity index (χ3v) is 3.69. The molecule has 1 amide bonds. The van der Waals surface area contributed by atoms with E-state index in [4.69, 9.17) is 11.6 Å². The largest absolute Gasteiger partial charge is 0.322 e. The van der Waals surface area contributed by atoms with E-state index in [1.165, 1.54) is 12.1 Å². The minimum atomic E-state index is -0.562. The molecule has 1 aliphatic rings. The van der Waals surface area contributed by atoms with Crippen LogP contribution in [0.1, 0.15) is 18.2 Å². The fraction of sp³-hybridized carbons (Fsp3) is 0.200. The number of anilines is 1. The molecule has 7 heteroatoms. The molecule has 1 fully saturated rings. The van der Waals surface area contributed by atoms with E-state index >= 15 is 0 Å². The van der Waals surface area contributed by atoms with Crippen LogP contribution in [0.3, 0.4) is 0 Å². The van der Waals surface area contributed by atoms with Crippen molar-refractivity contribution in [3.05, 3.63) is 59.1 Å². The number of carbonyl (C=O) groups excluding carboxylic acids is 1. The standard InChI is InChI=1S/C15H14ClFN4O/c16-9-4-5-11(10(17)7-9)19-15(22)14-8-13(20-21-14)12-3-1-2-6-18-12/h1-7,13-14,20-21H,8H2,(H,19,22). The Balaban J connectivity index is 1.64. The minimum Gasteiger partial charge on any atom is -0.322 e. The first-order chi connectivity index (χ1) is 10.6. The van der Waals surface area contributed by atoms with Crippen molar-refractivity contribution in [2.24, 2.45) is 0 Å². The lowest BCUT2D eigenvalue weighted by molar-refractivity contribution is -0.117. The second-order valence-electron chi connectivity index (χ2n) is 5.00. The summed E-state index contributed by atoms with van der Waals surface area (Å²) < 4.78 is 13.7. The number of nitrogens with zero attached hydrogens (tertiary/aromatic N) is 1. The van der Waals surface area contributed by atoms with Crippen molar-refractivity contribution < 1.29 is 9.18 Å². The van der Waals surface area contributed by atoms with Gasteiger partial charge < -0.3 is 5.32 Å². The van der Waals surface area contributed by atoms with Gasteiger partial charge in [0.25, 0.3) is 0 Å². The van der Waals surface area contributed by atoms with Gasteiger partial charge in [-0.25, -0.2) is 15.2 Å². The summed E-state index contributed by atoms with van der Waals surface area (Å²) in [6.45, 7) is 0. The number of rotatable bonds is 3. The molecular formula is C15H14ClFN4O. The van der Waals surface area contributed by atoms with Gasteiger partial charge in [-0.1, -0.05) is 17.7 Å². The molecule has 3 rings (SSSR count). The number of benzene rings is 1. The van der Waals surface area contributed by atoms with E-state index in [9.17, 15) is 9.18 Å². The Morgan fingerprint density at radius 1 is 1.32 bits per heavy atom. The first kappa shape index (κ1) is 14.9. The number of pyridine rings is 1. The molecule has 0 radical (unpaired) electrons. The van der Waals surface area contributed by atoms with Crippen molar-refractivity contribution in [3.8, 4) is 0 Å². The summed E-state index contributed by atoms with van der Waals surface area (Å²) in [5.74, 6) is -0.875. The predicted molar refractivity (Wildman–Crippen MR) is 81.7 cm³/mol. The van der Waals surface area contributed by atoms with Gasteiger partial charge in [0, 0.05) is 11.2 Å². The third kappa shape index (κ3) is 3.24. The number of halogens is 2. The highest BCUT2D eigenvalue weighted by Gasteiger charge is 2.31. The highest BCUT2D eigenvalue weighted by atomic mass is 35.5. The molecular weight excluding hydrogens is 307 g/mol. The topological polar surface area (TPSA) is 66.0 Å². The molecule has 2 atom stereocenters. The lowest BCUT2D eigenvalue weighted by Crippen LogP contribution is -2.39. The molecule has 1 aliphatic heterocycles. The molecule has 1 aromatic heterocycles. The minimum absolute atomic E-state index is 0.0629. The molecule has 1 aromatic carbocycles. The molecule has 0 spiro atoms. The van der Waals surface area contributed by atoms with Gasteiger partial charge in [-0.2, -0.15) is 0 Å². The number of hydrogen-bond donors (Lipinski definition) is 3. The van der Waals surface area contributed by atoms with Crippen LogP contribution < -0.4 is 16.2 Å². The predicted octanol–water partition coefficient (Wildman–Crippen LogP) is 2.42. The monoisotopic (exact) mass is 320 g/mol. The molecule has 0 saturated carbocycles. The summed E-state index contributed by atoms with van der Waals surface area (Å²) in [7, 11) is 0. The van der Waals surface area contributed by atoms with Gasteiger partial charge in [-0.05, 0) is 36.8 Å². The molecule has 2 unspecified atom stereocenters. The van der Waals surface area contributed by atoms with Crippen molar-refractivity contribution in [3.63, 3.8) is 0 Å². The smallest absolute Gasteiger partial charge is 0.243 e. The molecule has 22 heavy (non-hydrogen) atoms. The van der Waals surface area contributed by atoms with Crippen molar-refractivity contribution in [1.82, 2.24) is 15.8 Å². The average molecular weight is 321 g/mol. The highest BCUT2D eigenvalue weighted by Crippen LogP contribution is 2.23. The van der Waals surface area contributed by atoms with Crippen molar-refractivity contribution in [2.75, 3.05) is 5.32 Å². The molecule has 114 valence electrons. The second-order valence-corrected chi connectivity index (χ2v) is 5.43. The van der Waals surface area contributed by atoms with E-state index in [0.717, 1.165) is 11.8 Å². The lowest BCUT2D eigenvalue weighted by Gasteiger charge is -2.11. The van der Waals surface area contributed by atoms with Crippen molar-refractivity contribution >= 4 is 23.2 Å². The first-order valence-corrected chi connectivity index (χ1v) is 7.19. The maximum absolute atomic E-state index is 13.7. The summed E-state index contributed by atoms with van der Waals surface area (Å²) in [6, 6.07) is 9.20. The van der Waals surface area contributed by atoms with Crippen LogP contribution in [-0.4, -0.2) is 16.9 Å². The van der Waals surface area contributed by atoms with Crippen molar-refractivity contribution in [1.29, 1.82) is 0 Å². The van der Waals surface area contributed by atoms with E-state index in [2.05, 4.69) is 21.2 Å². The molecule has 2 aromatic rings. The van der Waals surface area contributed by atoms with Gasteiger partial charge in [0.1, 0.15) is 11.9 Å². The van der Waals surface area contributed by atoms with Gasteiger partial charge in [-0.15, -0.1) is 0 Å². The molecule has 3 N–H and O–H groups in total. The summed E-state index contributed by atoms with van der Waals surface area (Å²) >= 11 is 5.69. The Hall–Kier alpha value is -2.02. The van der Waals surface area contributed by atoms with Crippen LogP contribution in [0.5, 0.6) is 0 Å². The van der Waals surface area contributed by atoms with Gasteiger partial charge in [0.05, 0.1) is 17.4 Å². The van der Waals surface area contributed by atoms with Crippen molar-refractivity contribution in [2.45, 2.75) is 18.5 Å². The molecule has 1 saturated heterocycles. The third-order valence-electron chi connectivity index (χ3n) is 3.45. The molecule has 2 heterocycles. The van der Waals surface area contributed by atoms with Gasteiger partial charge in [0.15, 0.2) is 0 Å². The number of hydrazine groups is 1. The van der Waals surface area contributed by atoms with Crippen LogP contribution in [0.25, 0.3) is 0 Å². The zero-order chi connectivity index (χ0) is 15.5. The van der Waals surface area contributed by atoms with E-state index in [0.29, 0.717) is 6.42 Å². The molecule has 0 aliphatic carbocycles. The Morgan fingerprint density at radius 2 is 2.18 bits per heavy atom. The van der Waals surface area contributed by atoms with Crippen LogP contribution >= 0.6 is 11.6 Å². The fourth-order valence-corrected chi connectivity index (χ4v) is 2.47. The SMILES string of the molecule is O=C(Nc1ccc(Cl)cc1F)C1CC(c2ccccn2)NN1. The Morgan fingerprint density at radius 3 is 2.91 bits per heavy atom. The average Bonchev–Trinajstić information content (AvgIpc) is 3.01. The van der Waals surface area contributed by atoms with E-state index in [1.807, 2.05) is 18.2 Å². The maximum atomic E-state index is 13.7. The normalized spacial score (nSPS) is 20.8. The molecule has 0 bridgehead atoms. The fourth-order valence-electron chi connectivity index (χ4n) is 2.31. The summed E-state index contributed by atoms with van der Waals surface area (Å²) in [5, 5.41) is 2.84. The zero-order valence-electron chi connectivity index (χ0n) is 11.5. The van der Waals surface area contributed by atoms with Crippen LogP contribution in [0.15, 0.2) is 42.6 Å². The first-order valence-electron chi connectivity index (χ1n) is 6.81. The van der Waals surface area contributed by atoms with Crippen LogP contribution in [0.4, 0.5) is 10.1 Å². The highest BCUT2D eigenvalue weighted by molar-refractivity contribution is 6.30. The number of amides is 1. The van der Waals surface area contributed by atoms with Crippen LogP contribution in [0, 0.1) is 5.82 Å².